The van der Waals surface area contributed by atoms with Crippen LogP contribution in [0.1, 0.15) is 18.2 Å². The van der Waals surface area contributed by atoms with Crippen LogP contribution in [-0.4, -0.2) is 35.0 Å². The number of aryl methyl sites for hydroxylation is 2. The summed E-state index contributed by atoms with van der Waals surface area (Å²) in [5.74, 6) is 0.679. The molecule has 0 bridgehead atoms. The van der Waals surface area contributed by atoms with Crippen molar-refractivity contribution in [1.82, 2.24) is 15.3 Å². The summed E-state index contributed by atoms with van der Waals surface area (Å²) in [5, 5.41) is 2.82. The molecule has 1 aromatic rings. The fraction of sp³-hybridized carbons (Fsp3) is 0.545. The number of rotatable bonds is 1. The highest BCUT2D eigenvalue weighted by atomic mass is 16.2. The minimum absolute atomic E-state index is 0.0353. The van der Waals surface area contributed by atoms with Gasteiger partial charge in [-0.05, 0) is 26.3 Å². The van der Waals surface area contributed by atoms with E-state index in [2.05, 4.69) is 15.3 Å². The molecule has 1 atom stereocenters. The standard InChI is InChI=1S/C11H16N4O/c1-7-6-13-11(14-8(7)2)15-5-4-12-10(16)9(15)3/h6,9H,4-5H2,1-3H3,(H,12,16). The lowest BCUT2D eigenvalue weighted by Gasteiger charge is -2.32. The van der Waals surface area contributed by atoms with Gasteiger partial charge in [-0.25, -0.2) is 9.97 Å². The van der Waals surface area contributed by atoms with Gasteiger partial charge in [-0.1, -0.05) is 0 Å². The number of nitrogens with zero attached hydrogens (tertiary/aromatic N) is 3. The van der Waals surface area contributed by atoms with Gasteiger partial charge < -0.3 is 10.2 Å². The van der Waals surface area contributed by atoms with Crippen LogP contribution in [0.25, 0.3) is 0 Å². The molecule has 1 aliphatic rings. The summed E-state index contributed by atoms with van der Waals surface area (Å²) in [6, 6.07) is -0.198. The summed E-state index contributed by atoms with van der Waals surface area (Å²) >= 11 is 0. The van der Waals surface area contributed by atoms with Crippen molar-refractivity contribution >= 4 is 11.9 Å². The second-order valence-electron chi connectivity index (χ2n) is 4.10. The fourth-order valence-electron chi connectivity index (χ4n) is 1.71. The number of aromatic nitrogens is 2. The highest BCUT2D eigenvalue weighted by molar-refractivity contribution is 5.85. The van der Waals surface area contributed by atoms with E-state index in [1.807, 2.05) is 25.7 Å². The molecule has 1 saturated heterocycles. The molecule has 86 valence electrons. The lowest BCUT2D eigenvalue weighted by molar-refractivity contribution is -0.122. The van der Waals surface area contributed by atoms with Gasteiger partial charge in [0.15, 0.2) is 0 Å². The fourth-order valence-corrected chi connectivity index (χ4v) is 1.71. The van der Waals surface area contributed by atoms with Gasteiger partial charge in [-0.2, -0.15) is 0 Å². The normalized spacial score (nSPS) is 20.8. The van der Waals surface area contributed by atoms with E-state index in [9.17, 15) is 4.79 Å². The smallest absolute Gasteiger partial charge is 0.242 e. The van der Waals surface area contributed by atoms with Gasteiger partial charge in [-0.3, -0.25) is 4.79 Å². The van der Waals surface area contributed by atoms with E-state index in [0.29, 0.717) is 12.5 Å². The highest BCUT2D eigenvalue weighted by Gasteiger charge is 2.27. The van der Waals surface area contributed by atoms with E-state index < -0.39 is 0 Å². The molecule has 0 spiro atoms. The maximum atomic E-state index is 11.5. The monoisotopic (exact) mass is 220 g/mol. The molecule has 1 aliphatic heterocycles. The third-order valence-corrected chi connectivity index (χ3v) is 2.97. The van der Waals surface area contributed by atoms with Crippen molar-refractivity contribution in [3.05, 3.63) is 17.5 Å². The lowest BCUT2D eigenvalue weighted by Crippen LogP contribution is -2.54. The first-order chi connectivity index (χ1) is 7.59. The lowest BCUT2D eigenvalue weighted by atomic mass is 10.2. The summed E-state index contributed by atoms with van der Waals surface area (Å²) in [5.41, 5.74) is 2.03. The molecule has 0 radical (unpaired) electrons. The Morgan fingerprint density at radius 2 is 2.25 bits per heavy atom. The first kappa shape index (κ1) is 10.9. The molecule has 1 aromatic heterocycles. The Morgan fingerprint density at radius 1 is 1.50 bits per heavy atom. The highest BCUT2D eigenvalue weighted by Crippen LogP contribution is 2.14. The Morgan fingerprint density at radius 3 is 2.94 bits per heavy atom. The average molecular weight is 220 g/mol. The number of piperazine rings is 1. The molecule has 0 aliphatic carbocycles. The molecule has 0 saturated carbocycles. The quantitative estimate of drug-likeness (QED) is 0.745. The number of carbonyl (C=O) groups is 1. The van der Waals surface area contributed by atoms with E-state index in [-0.39, 0.29) is 11.9 Å². The molecule has 5 heteroatoms. The van der Waals surface area contributed by atoms with Gasteiger partial charge in [-0.15, -0.1) is 0 Å². The molecular formula is C11H16N4O. The van der Waals surface area contributed by atoms with Crippen molar-refractivity contribution in [2.45, 2.75) is 26.8 Å². The van der Waals surface area contributed by atoms with Crippen LogP contribution in [0.3, 0.4) is 0 Å². The predicted octanol–water partition coefficient (Wildman–Crippen LogP) is 0.418. The first-order valence-electron chi connectivity index (χ1n) is 5.44. The molecule has 1 fully saturated rings. The van der Waals surface area contributed by atoms with Crippen LogP contribution in [-0.2, 0) is 4.79 Å². The third-order valence-electron chi connectivity index (χ3n) is 2.97. The van der Waals surface area contributed by atoms with Crippen LogP contribution in [0.4, 0.5) is 5.95 Å². The number of hydrogen-bond donors (Lipinski definition) is 1. The maximum absolute atomic E-state index is 11.5. The zero-order valence-corrected chi connectivity index (χ0v) is 9.82. The molecule has 16 heavy (non-hydrogen) atoms. The number of nitrogens with one attached hydrogen (secondary N) is 1. The second kappa shape index (κ2) is 4.08. The van der Waals surface area contributed by atoms with E-state index in [4.69, 9.17) is 0 Å². The number of hydrogen-bond acceptors (Lipinski definition) is 4. The zero-order chi connectivity index (χ0) is 11.7. The zero-order valence-electron chi connectivity index (χ0n) is 9.82. The Labute approximate surface area is 94.9 Å². The number of carbonyl (C=O) groups excluding carboxylic acids is 1. The van der Waals surface area contributed by atoms with Gasteiger partial charge in [0.25, 0.3) is 0 Å². The van der Waals surface area contributed by atoms with Crippen molar-refractivity contribution in [3.8, 4) is 0 Å². The Bertz CT molecular complexity index is 418. The summed E-state index contributed by atoms with van der Waals surface area (Å²) in [6.07, 6.45) is 1.80. The summed E-state index contributed by atoms with van der Waals surface area (Å²) in [4.78, 5) is 22.2. The van der Waals surface area contributed by atoms with Crippen molar-refractivity contribution in [3.63, 3.8) is 0 Å². The third kappa shape index (κ3) is 1.85. The van der Waals surface area contributed by atoms with Crippen molar-refractivity contribution in [1.29, 1.82) is 0 Å². The minimum Gasteiger partial charge on any atom is -0.353 e. The van der Waals surface area contributed by atoms with Gasteiger partial charge in [0, 0.05) is 25.0 Å². The van der Waals surface area contributed by atoms with Gasteiger partial charge in [0.2, 0.25) is 11.9 Å². The Hall–Kier alpha value is -1.65. The minimum atomic E-state index is -0.198. The molecule has 2 rings (SSSR count). The second-order valence-corrected chi connectivity index (χ2v) is 4.10. The maximum Gasteiger partial charge on any atom is 0.242 e. The molecule has 1 unspecified atom stereocenters. The van der Waals surface area contributed by atoms with E-state index in [1.165, 1.54) is 0 Å². The SMILES string of the molecule is Cc1cnc(N2CCNC(=O)C2C)nc1C. The van der Waals surface area contributed by atoms with Gasteiger partial charge >= 0.3 is 0 Å². The first-order valence-corrected chi connectivity index (χ1v) is 5.44. The summed E-state index contributed by atoms with van der Waals surface area (Å²) < 4.78 is 0. The predicted molar refractivity (Wildman–Crippen MR) is 61.3 cm³/mol. The van der Waals surface area contributed by atoms with Gasteiger partial charge in [0.1, 0.15) is 6.04 Å². The van der Waals surface area contributed by atoms with Crippen LogP contribution in [0.15, 0.2) is 6.20 Å². The van der Waals surface area contributed by atoms with Crippen molar-refractivity contribution < 1.29 is 4.79 Å². The van der Waals surface area contributed by atoms with Crippen LogP contribution in [0.2, 0.25) is 0 Å². The van der Waals surface area contributed by atoms with Crippen LogP contribution < -0.4 is 10.2 Å². The number of anilines is 1. The molecule has 5 nitrogen and oxygen atoms in total. The van der Waals surface area contributed by atoms with E-state index in [0.717, 1.165) is 17.8 Å². The molecule has 2 heterocycles. The topological polar surface area (TPSA) is 58.1 Å². The van der Waals surface area contributed by atoms with Crippen LogP contribution >= 0.6 is 0 Å². The van der Waals surface area contributed by atoms with Crippen molar-refractivity contribution in [2.24, 2.45) is 0 Å². The van der Waals surface area contributed by atoms with Crippen molar-refractivity contribution in [2.75, 3.05) is 18.0 Å². The van der Waals surface area contributed by atoms with E-state index >= 15 is 0 Å². The van der Waals surface area contributed by atoms with Crippen LogP contribution in [0, 0.1) is 13.8 Å². The molecule has 1 N–H and O–H groups in total. The van der Waals surface area contributed by atoms with Crippen LogP contribution in [0.5, 0.6) is 0 Å². The summed E-state index contributed by atoms with van der Waals surface area (Å²) in [7, 11) is 0. The van der Waals surface area contributed by atoms with E-state index in [1.54, 1.807) is 6.20 Å². The molecule has 0 aromatic carbocycles. The Kier molecular flexibility index (Phi) is 2.77. The number of amides is 1. The Balaban J connectivity index is 2.29. The summed E-state index contributed by atoms with van der Waals surface area (Å²) in [6.45, 7) is 7.21. The molecule has 1 amide bonds. The molecular weight excluding hydrogens is 204 g/mol. The average Bonchev–Trinajstić information content (AvgIpc) is 2.26. The van der Waals surface area contributed by atoms with Gasteiger partial charge in [0.05, 0.1) is 0 Å². The largest absolute Gasteiger partial charge is 0.353 e.